The number of hydrogen-bond acceptors (Lipinski definition) is 5. The van der Waals surface area contributed by atoms with E-state index in [-0.39, 0.29) is 24.2 Å². The SMILES string of the molecule is CNCCC1CCN(C(=O)c2cnc3onc(C(C)C)c3c2)CC1.Cl. The Balaban J connectivity index is 0.00000225. The lowest BCUT2D eigenvalue weighted by atomic mass is 9.93. The molecule has 0 unspecified atom stereocenters. The van der Waals surface area contributed by atoms with Gasteiger partial charge in [0.2, 0.25) is 0 Å². The van der Waals surface area contributed by atoms with Crippen molar-refractivity contribution in [1.29, 1.82) is 0 Å². The highest BCUT2D eigenvalue weighted by Gasteiger charge is 2.24. The first kappa shape index (κ1) is 19.7. The van der Waals surface area contributed by atoms with Crippen molar-refractivity contribution >= 4 is 29.4 Å². The largest absolute Gasteiger partial charge is 0.339 e. The molecule has 0 saturated carbocycles. The van der Waals surface area contributed by atoms with Crippen LogP contribution < -0.4 is 5.32 Å². The summed E-state index contributed by atoms with van der Waals surface area (Å²) in [6.45, 7) is 6.81. The van der Waals surface area contributed by atoms with E-state index in [1.807, 2.05) is 18.0 Å². The van der Waals surface area contributed by atoms with E-state index in [4.69, 9.17) is 4.52 Å². The quantitative estimate of drug-likeness (QED) is 0.879. The van der Waals surface area contributed by atoms with Gasteiger partial charge in [-0.3, -0.25) is 4.79 Å². The van der Waals surface area contributed by atoms with Crippen molar-refractivity contribution in [2.75, 3.05) is 26.7 Å². The molecule has 0 atom stereocenters. The average Bonchev–Trinajstić information content (AvgIpc) is 3.03. The number of likely N-dealkylation sites (tertiary alicyclic amines) is 1. The molecule has 1 N–H and O–H groups in total. The molecule has 1 saturated heterocycles. The van der Waals surface area contributed by atoms with Gasteiger partial charge in [-0.15, -0.1) is 12.4 Å². The minimum Gasteiger partial charge on any atom is -0.339 e. The first-order valence-electron chi connectivity index (χ1n) is 8.79. The summed E-state index contributed by atoms with van der Waals surface area (Å²) in [5.74, 6) is 1.02. The first-order chi connectivity index (χ1) is 11.6. The highest BCUT2D eigenvalue weighted by molar-refractivity contribution is 5.97. The summed E-state index contributed by atoms with van der Waals surface area (Å²) in [5.41, 5.74) is 1.99. The van der Waals surface area contributed by atoms with Crippen LogP contribution in [-0.2, 0) is 0 Å². The van der Waals surface area contributed by atoms with Crippen molar-refractivity contribution in [3.63, 3.8) is 0 Å². The highest BCUT2D eigenvalue weighted by atomic mass is 35.5. The second-order valence-corrected chi connectivity index (χ2v) is 6.93. The number of hydrogen-bond donors (Lipinski definition) is 1. The van der Waals surface area contributed by atoms with Gasteiger partial charge >= 0.3 is 0 Å². The molecular formula is C18H27ClN4O2. The Morgan fingerprint density at radius 1 is 1.40 bits per heavy atom. The van der Waals surface area contributed by atoms with Crippen LogP contribution >= 0.6 is 12.4 Å². The van der Waals surface area contributed by atoms with Gasteiger partial charge in [-0.2, -0.15) is 0 Å². The third-order valence-corrected chi connectivity index (χ3v) is 4.86. The molecule has 0 aliphatic carbocycles. The van der Waals surface area contributed by atoms with Gasteiger partial charge in [0, 0.05) is 19.3 Å². The van der Waals surface area contributed by atoms with Crippen molar-refractivity contribution in [2.24, 2.45) is 5.92 Å². The second-order valence-electron chi connectivity index (χ2n) is 6.93. The number of carbonyl (C=O) groups is 1. The molecule has 25 heavy (non-hydrogen) atoms. The lowest BCUT2D eigenvalue weighted by Crippen LogP contribution is -2.39. The predicted molar refractivity (Wildman–Crippen MR) is 100 cm³/mol. The van der Waals surface area contributed by atoms with E-state index in [1.165, 1.54) is 6.42 Å². The number of amides is 1. The summed E-state index contributed by atoms with van der Waals surface area (Å²) in [6.07, 6.45) is 4.94. The molecule has 1 aliphatic heterocycles. The van der Waals surface area contributed by atoms with Crippen LogP contribution in [0.1, 0.15) is 55.1 Å². The van der Waals surface area contributed by atoms with E-state index < -0.39 is 0 Å². The van der Waals surface area contributed by atoms with E-state index in [2.05, 4.69) is 29.3 Å². The minimum atomic E-state index is 0. The average molecular weight is 367 g/mol. The molecule has 0 bridgehead atoms. The van der Waals surface area contributed by atoms with Crippen molar-refractivity contribution in [2.45, 2.75) is 39.0 Å². The molecule has 1 fully saturated rings. The van der Waals surface area contributed by atoms with Gasteiger partial charge in [0.05, 0.1) is 16.6 Å². The summed E-state index contributed by atoms with van der Waals surface area (Å²) in [6, 6.07) is 1.88. The van der Waals surface area contributed by atoms with E-state index in [0.717, 1.165) is 43.6 Å². The number of fused-ring (bicyclic) bond motifs is 1. The lowest BCUT2D eigenvalue weighted by molar-refractivity contribution is 0.0687. The van der Waals surface area contributed by atoms with Gasteiger partial charge in [-0.1, -0.05) is 19.0 Å². The molecule has 7 heteroatoms. The van der Waals surface area contributed by atoms with Crippen molar-refractivity contribution in [3.05, 3.63) is 23.5 Å². The molecule has 0 aromatic carbocycles. The van der Waals surface area contributed by atoms with Crippen LogP contribution in [-0.4, -0.2) is 47.6 Å². The molecule has 1 amide bonds. The van der Waals surface area contributed by atoms with E-state index in [1.54, 1.807) is 6.20 Å². The van der Waals surface area contributed by atoms with Crippen LogP contribution in [0.4, 0.5) is 0 Å². The number of nitrogens with one attached hydrogen (secondary N) is 1. The Morgan fingerprint density at radius 3 is 2.76 bits per heavy atom. The number of aromatic nitrogens is 2. The van der Waals surface area contributed by atoms with E-state index in [0.29, 0.717) is 17.2 Å². The Bertz CT molecular complexity index is 708. The Morgan fingerprint density at radius 2 is 2.12 bits per heavy atom. The molecule has 1 aliphatic rings. The standard InChI is InChI=1S/C18H26N4O2.ClH/c1-12(2)16-15-10-14(11-20-17(15)24-21-16)18(23)22-8-5-13(6-9-22)4-7-19-3;/h10-13,19H,4-9H2,1-3H3;1H. The number of pyridine rings is 1. The zero-order chi connectivity index (χ0) is 17.1. The fourth-order valence-corrected chi connectivity index (χ4v) is 3.34. The topological polar surface area (TPSA) is 71.3 Å². The van der Waals surface area contributed by atoms with Gasteiger partial charge in [-0.25, -0.2) is 4.98 Å². The number of carbonyl (C=O) groups excluding carboxylic acids is 1. The van der Waals surface area contributed by atoms with Crippen LogP contribution in [0, 0.1) is 5.92 Å². The van der Waals surface area contributed by atoms with Gasteiger partial charge in [0.15, 0.2) is 0 Å². The van der Waals surface area contributed by atoms with Crippen LogP contribution in [0.3, 0.4) is 0 Å². The Hall–Kier alpha value is -1.66. The summed E-state index contributed by atoms with van der Waals surface area (Å²) in [7, 11) is 1.98. The Labute approximate surface area is 154 Å². The van der Waals surface area contributed by atoms with Gasteiger partial charge in [0.25, 0.3) is 11.6 Å². The first-order valence-corrected chi connectivity index (χ1v) is 8.79. The molecule has 138 valence electrons. The van der Waals surface area contributed by atoms with Crippen molar-refractivity contribution in [1.82, 2.24) is 20.4 Å². The van der Waals surface area contributed by atoms with Crippen molar-refractivity contribution < 1.29 is 9.32 Å². The molecule has 3 heterocycles. The number of piperidine rings is 1. The van der Waals surface area contributed by atoms with Crippen LogP contribution in [0.2, 0.25) is 0 Å². The van der Waals surface area contributed by atoms with Gasteiger partial charge in [0.1, 0.15) is 0 Å². The lowest BCUT2D eigenvalue weighted by Gasteiger charge is -2.32. The molecule has 0 radical (unpaired) electrons. The minimum absolute atomic E-state index is 0. The number of halogens is 1. The summed E-state index contributed by atoms with van der Waals surface area (Å²) in [4.78, 5) is 19.0. The van der Waals surface area contributed by atoms with Crippen LogP contribution in [0.25, 0.3) is 11.1 Å². The third-order valence-electron chi connectivity index (χ3n) is 4.86. The smallest absolute Gasteiger partial charge is 0.257 e. The summed E-state index contributed by atoms with van der Waals surface area (Å²) >= 11 is 0. The van der Waals surface area contributed by atoms with Crippen molar-refractivity contribution in [3.8, 4) is 0 Å². The molecule has 3 rings (SSSR count). The highest BCUT2D eigenvalue weighted by Crippen LogP contribution is 2.26. The molecular weight excluding hydrogens is 340 g/mol. The maximum atomic E-state index is 12.8. The molecule has 2 aromatic heterocycles. The fourth-order valence-electron chi connectivity index (χ4n) is 3.34. The zero-order valence-electron chi connectivity index (χ0n) is 15.1. The normalized spacial score (nSPS) is 15.6. The summed E-state index contributed by atoms with van der Waals surface area (Å²) in [5, 5.41) is 8.12. The molecule has 0 spiro atoms. The Kier molecular flexibility index (Phi) is 6.79. The number of nitrogens with zero attached hydrogens (tertiary/aromatic N) is 3. The molecule has 2 aromatic rings. The van der Waals surface area contributed by atoms with E-state index in [9.17, 15) is 4.79 Å². The predicted octanol–water partition coefficient (Wildman–Crippen LogP) is 3.23. The zero-order valence-corrected chi connectivity index (χ0v) is 15.9. The number of rotatable bonds is 5. The van der Waals surface area contributed by atoms with E-state index >= 15 is 0 Å². The maximum Gasteiger partial charge on any atom is 0.257 e. The van der Waals surface area contributed by atoms with Crippen LogP contribution in [0.5, 0.6) is 0 Å². The van der Waals surface area contributed by atoms with Crippen LogP contribution in [0.15, 0.2) is 16.8 Å². The summed E-state index contributed by atoms with van der Waals surface area (Å²) < 4.78 is 5.25. The van der Waals surface area contributed by atoms with Gasteiger partial charge in [-0.05, 0) is 50.8 Å². The third kappa shape index (κ3) is 4.30. The maximum absolute atomic E-state index is 12.8. The monoisotopic (exact) mass is 366 g/mol. The fraction of sp³-hybridized carbons (Fsp3) is 0.611. The second kappa shape index (κ2) is 8.63. The molecule has 6 nitrogen and oxygen atoms in total. The van der Waals surface area contributed by atoms with Gasteiger partial charge < -0.3 is 14.7 Å².